The number of hydrogen-bond donors (Lipinski definition) is 2. The van der Waals surface area contributed by atoms with Crippen molar-refractivity contribution in [3.8, 4) is 0 Å². The van der Waals surface area contributed by atoms with Crippen LogP contribution in [0, 0.1) is 0 Å². The molecule has 0 aromatic heterocycles. The average molecular weight is 590 g/mol. The average Bonchev–Trinajstić information content (AvgIpc) is 2.90. The number of nitrogens with one attached hydrogen (secondary N) is 1. The number of aliphatic hydroxyl groups is 1. The van der Waals surface area contributed by atoms with E-state index >= 15 is 0 Å². The van der Waals surface area contributed by atoms with Crippen LogP contribution in [-0.2, 0) is 14.8 Å². The standard InChI is InChI=1S/C35H59NO4S/c1-8-9-22-31(37)23-20-18-16-14-12-10-11-13-15-17-19-21-24-34(38)36-41(39,40)35-32(28(4)5)25-30(27(2)3)26-33(35)29(6)7/h15,17,20,23,25-29,31,37H,8-14,16,18-19,21-22,24H2,1-7H3,(H,36,38)/t31-/m1/s1. The van der Waals surface area contributed by atoms with Gasteiger partial charge in [-0.25, -0.2) is 13.1 Å². The van der Waals surface area contributed by atoms with Crippen LogP contribution in [0.2, 0.25) is 0 Å². The number of carbonyl (C=O) groups excluding carboxylic acids is 1. The van der Waals surface area contributed by atoms with Crippen LogP contribution < -0.4 is 4.72 Å². The van der Waals surface area contributed by atoms with Crippen molar-refractivity contribution in [1.82, 2.24) is 4.72 Å². The molecule has 1 atom stereocenters. The van der Waals surface area contributed by atoms with Crippen molar-refractivity contribution in [1.29, 1.82) is 0 Å². The molecule has 0 heterocycles. The number of unbranched alkanes of at least 4 members (excludes halogenated alkanes) is 8. The van der Waals surface area contributed by atoms with E-state index in [4.69, 9.17) is 0 Å². The SMILES string of the molecule is CCCC[C@@H](O)C=CCCCCCCCC=CCCCC(=O)NS(=O)(=O)c1c(C(C)C)cc(C(C)C)cc1C(C)C. The first kappa shape index (κ1) is 37.1. The van der Waals surface area contributed by atoms with Gasteiger partial charge < -0.3 is 5.11 Å². The van der Waals surface area contributed by atoms with Gasteiger partial charge in [-0.2, -0.15) is 0 Å². The van der Waals surface area contributed by atoms with Crippen LogP contribution in [0.25, 0.3) is 0 Å². The van der Waals surface area contributed by atoms with Crippen LogP contribution in [0.3, 0.4) is 0 Å². The van der Waals surface area contributed by atoms with E-state index < -0.39 is 15.9 Å². The van der Waals surface area contributed by atoms with Crippen molar-refractivity contribution >= 4 is 15.9 Å². The van der Waals surface area contributed by atoms with Gasteiger partial charge in [0.2, 0.25) is 5.91 Å². The number of benzene rings is 1. The molecule has 5 nitrogen and oxygen atoms in total. The molecule has 1 aromatic rings. The Labute approximate surface area is 252 Å². The molecule has 6 heteroatoms. The maximum atomic E-state index is 13.4. The molecule has 0 aliphatic heterocycles. The normalized spacial score (nSPS) is 13.3. The second-order valence-corrected chi connectivity index (χ2v) is 14.0. The lowest BCUT2D eigenvalue weighted by atomic mass is 9.89. The highest BCUT2D eigenvalue weighted by Gasteiger charge is 2.28. The van der Waals surface area contributed by atoms with Crippen molar-refractivity contribution in [3.63, 3.8) is 0 Å². The minimum absolute atomic E-state index is 0.0234. The predicted molar refractivity (Wildman–Crippen MR) is 174 cm³/mol. The summed E-state index contributed by atoms with van der Waals surface area (Å²) in [5, 5.41) is 9.81. The molecule has 0 radical (unpaired) electrons. The van der Waals surface area contributed by atoms with Crippen LogP contribution in [-0.4, -0.2) is 25.5 Å². The van der Waals surface area contributed by atoms with Crippen LogP contribution in [0.15, 0.2) is 41.3 Å². The first-order valence-corrected chi connectivity index (χ1v) is 17.6. The van der Waals surface area contributed by atoms with Gasteiger partial charge in [0.05, 0.1) is 11.0 Å². The van der Waals surface area contributed by atoms with E-state index in [-0.39, 0.29) is 29.3 Å². The third-order valence-corrected chi connectivity index (χ3v) is 9.00. The van der Waals surface area contributed by atoms with E-state index in [0.29, 0.717) is 12.3 Å². The number of amides is 1. The highest BCUT2D eigenvalue weighted by atomic mass is 32.2. The van der Waals surface area contributed by atoms with Gasteiger partial charge >= 0.3 is 0 Å². The zero-order chi connectivity index (χ0) is 30.8. The Morgan fingerprint density at radius 2 is 1.29 bits per heavy atom. The fourth-order valence-electron chi connectivity index (χ4n) is 4.89. The Hall–Kier alpha value is -1.92. The number of rotatable bonds is 21. The molecule has 0 saturated heterocycles. The second-order valence-electron chi connectivity index (χ2n) is 12.4. The highest BCUT2D eigenvalue weighted by molar-refractivity contribution is 7.90. The van der Waals surface area contributed by atoms with Crippen LogP contribution in [0.4, 0.5) is 0 Å². The predicted octanol–water partition coefficient (Wildman–Crippen LogP) is 9.43. The molecule has 234 valence electrons. The molecule has 2 N–H and O–H groups in total. The molecule has 0 unspecified atom stereocenters. The molecule has 41 heavy (non-hydrogen) atoms. The summed E-state index contributed by atoms with van der Waals surface area (Å²) < 4.78 is 29.2. The van der Waals surface area contributed by atoms with Crippen LogP contribution >= 0.6 is 0 Å². The molecule has 1 aromatic carbocycles. The second kappa shape index (κ2) is 20.1. The highest BCUT2D eigenvalue weighted by Crippen LogP contribution is 2.35. The third kappa shape index (κ3) is 14.7. The Morgan fingerprint density at radius 1 is 0.780 bits per heavy atom. The largest absolute Gasteiger partial charge is 0.389 e. The molecule has 1 amide bonds. The fraction of sp³-hybridized carbons (Fsp3) is 0.686. The lowest BCUT2D eigenvalue weighted by molar-refractivity contribution is -0.119. The summed E-state index contributed by atoms with van der Waals surface area (Å²) in [7, 11) is -3.96. The quantitative estimate of drug-likeness (QED) is 0.110. The van der Waals surface area contributed by atoms with Gasteiger partial charge in [0.15, 0.2) is 0 Å². The molecule has 0 fully saturated rings. The van der Waals surface area contributed by atoms with Gasteiger partial charge in [0.1, 0.15) is 0 Å². The number of carbonyl (C=O) groups is 1. The van der Waals surface area contributed by atoms with Crippen molar-refractivity contribution in [2.24, 2.45) is 0 Å². The van der Waals surface area contributed by atoms with E-state index in [1.165, 1.54) is 25.7 Å². The summed E-state index contributed by atoms with van der Waals surface area (Å²) in [4.78, 5) is 12.9. The van der Waals surface area contributed by atoms with Gasteiger partial charge in [-0.05, 0) is 79.4 Å². The zero-order valence-corrected chi connectivity index (χ0v) is 27.9. The van der Waals surface area contributed by atoms with Gasteiger partial charge in [-0.1, -0.05) is 117 Å². The summed E-state index contributed by atoms with van der Waals surface area (Å²) in [5.41, 5.74) is 2.67. The number of hydrogen-bond acceptors (Lipinski definition) is 4. The van der Waals surface area contributed by atoms with Crippen molar-refractivity contribution in [2.75, 3.05) is 0 Å². The fourth-order valence-corrected chi connectivity index (χ4v) is 6.60. The lowest BCUT2D eigenvalue weighted by Gasteiger charge is -2.22. The minimum Gasteiger partial charge on any atom is -0.389 e. The first-order chi connectivity index (χ1) is 19.4. The van der Waals surface area contributed by atoms with Gasteiger partial charge in [0.25, 0.3) is 10.0 Å². The summed E-state index contributed by atoms with van der Waals surface area (Å²) in [6.45, 7) is 14.4. The Morgan fingerprint density at radius 3 is 1.80 bits per heavy atom. The van der Waals surface area contributed by atoms with Crippen LogP contribution in [0.5, 0.6) is 0 Å². The number of allylic oxidation sites excluding steroid dienone is 3. The molecule has 0 spiro atoms. The maximum absolute atomic E-state index is 13.4. The molecule has 0 aliphatic rings. The molecule has 1 rings (SSSR count). The molecule has 0 saturated carbocycles. The Balaban J connectivity index is 2.41. The van der Waals surface area contributed by atoms with E-state index in [9.17, 15) is 18.3 Å². The van der Waals surface area contributed by atoms with Gasteiger partial charge in [-0.15, -0.1) is 0 Å². The van der Waals surface area contributed by atoms with E-state index in [1.807, 2.05) is 45.9 Å². The van der Waals surface area contributed by atoms with Crippen molar-refractivity contribution < 1.29 is 18.3 Å². The van der Waals surface area contributed by atoms with E-state index in [2.05, 4.69) is 43.7 Å². The summed E-state index contributed by atoms with van der Waals surface area (Å²) >= 11 is 0. The molecular formula is C35H59NO4S. The zero-order valence-electron chi connectivity index (χ0n) is 27.0. The number of aliphatic hydroxyl groups excluding tert-OH is 1. The van der Waals surface area contributed by atoms with E-state index in [0.717, 1.165) is 61.6 Å². The van der Waals surface area contributed by atoms with E-state index in [1.54, 1.807) is 0 Å². The van der Waals surface area contributed by atoms with Gasteiger partial charge in [0, 0.05) is 6.42 Å². The van der Waals surface area contributed by atoms with Crippen molar-refractivity contribution in [2.45, 2.75) is 161 Å². The Bertz CT molecular complexity index is 1020. The van der Waals surface area contributed by atoms with Gasteiger partial charge in [-0.3, -0.25) is 4.79 Å². The maximum Gasteiger partial charge on any atom is 0.264 e. The smallest absolute Gasteiger partial charge is 0.264 e. The minimum atomic E-state index is -3.96. The number of sulfonamides is 1. The summed E-state index contributed by atoms with van der Waals surface area (Å²) in [5.74, 6) is -0.107. The molecule has 0 bridgehead atoms. The lowest BCUT2D eigenvalue weighted by Crippen LogP contribution is -2.32. The third-order valence-electron chi connectivity index (χ3n) is 7.49. The molecular weight excluding hydrogens is 530 g/mol. The summed E-state index contributed by atoms with van der Waals surface area (Å²) in [6, 6.07) is 3.98. The Kier molecular flexibility index (Phi) is 18.2. The molecule has 0 aliphatic carbocycles. The van der Waals surface area contributed by atoms with Crippen molar-refractivity contribution in [3.05, 3.63) is 53.1 Å². The summed E-state index contributed by atoms with van der Waals surface area (Å²) in [6.07, 6.45) is 20.8. The van der Waals surface area contributed by atoms with Crippen LogP contribution in [0.1, 0.15) is 166 Å². The first-order valence-electron chi connectivity index (χ1n) is 16.1. The topological polar surface area (TPSA) is 83.5 Å². The monoisotopic (exact) mass is 589 g/mol.